The second-order valence-electron chi connectivity index (χ2n) is 4.17. The predicted octanol–water partition coefficient (Wildman–Crippen LogP) is 3.40. The van der Waals surface area contributed by atoms with E-state index < -0.39 is 17.2 Å². The lowest BCUT2D eigenvalue weighted by Gasteiger charge is -2.23. The normalized spacial score (nSPS) is 13.0. The zero-order valence-corrected chi connectivity index (χ0v) is 8.31. The van der Waals surface area contributed by atoms with Crippen LogP contribution in [-0.2, 0) is 11.6 Å². The van der Waals surface area contributed by atoms with Crippen LogP contribution in [0.1, 0.15) is 31.9 Å². The van der Waals surface area contributed by atoms with E-state index in [1.807, 2.05) is 0 Å². The van der Waals surface area contributed by atoms with E-state index in [9.17, 15) is 13.2 Å². The maximum Gasteiger partial charge on any atom is 0.418 e. The Kier molecular flexibility index (Phi) is 2.56. The van der Waals surface area contributed by atoms with Gasteiger partial charge in [0.1, 0.15) is 0 Å². The summed E-state index contributed by atoms with van der Waals surface area (Å²) >= 11 is 0. The maximum absolute atomic E-state index is 12.5. The standard InChI is InChI=1S/C10H12F3N/c1-9(2,3)7-4-5-14-6-8(7)10(11,12)13/h4-6H,1-3H3. The third kappa shape index (κ3) is 2.25. The fourth-order valence-corrected chi connectivity index (χ4v) is 1.27. The van der Waals surface area contributed by atoms with Crippen molar-refractivity contribution in [3.8, 4) is 0 Å². The van der Waals surface area contributed by atoms with Crippen molar-refractivity contribution < 1.29 is 13.2 Å². The molecule has 1 rings (SSSR count). The molecule has 0 unspecified atom stereocenters. The Hall–Kier alpha value is -1.06. The minimum Gasteiger partial charge on any atom is -0.264 e. The van der Waals surface area contributed by atoms with Crippen LogP contribution in [0.15, 0.2) is 18.5 Å². The molecule has 0 aliphatic heterocycles. The van der Waals surface area contributed by atoms with Crippen molar-refractivity contribution in [3.05, 3.63) is 29.6 Å². The van der Waals surface area contributed by atoms with Gasteiger partial charge in [0.2, 0.25) is 0 Å². The third-order valence-corrected chi connectivity index (χ3v) is 1.93. The predicted molar refractivity (Wildman–Crippen MR) is 47.9 cm³/mol. The molecule has 4 heteroatoms. The molecule has 0 aliphatic carbocycles. The summed E-state index contributed by atoms with van der Waals surface area (Å²) in [6.07, 6.45) is -2.06. The Morgan fingerprint density at radius 1 is 1.07 bits per heavy atom. The van der Waals surface area contributed by atoms with Crippen LogP contribution in [0.4, 0.5) is 13.2 Å². The highest BCUT2D eigenvalue weighted by Gasteiger charge is 2.36. The number of pyridine rings is 1. The molecular weight excluding hydrogens is 191 g/mol. The summed E-state index contributed by atoms with van der Waals surface area (Å²) in [6, 6.07) is 1.42. The van der Waals surface area contributed by atoms with E-state index in [0.717, 1.165) is 6.20 Å². The van der Waals surface area contributed by atoms with Crippen molar-refractivity contribution in [2.75, 3.05) is 0 Å². The number of alkyl halides is 3. The fourth-order valence-electron chi connectivity index (χ4n) is 1.27. The highest BCUT2D eigenvalue weighted by molar-refractivity contribution is 5.31. The lowest BCUT2D eigenvalue weighted by atomic mass is 9.84. The van der Waals surface area contributed by atoms with Gasteiger partial charge >= 0.3 is 6.18 Å². The van der Waals surface area contributed by atoms with Crippen LogP contribution < -0.4 is 0 Å². The zero-order valence-electron chi connectivity index (χ0n) is 8.31. The highest BCUT2D eigenvalue weighted by atomic mass is 19.4. The molecule has 0 atom stereocenters. The molecule has 0 spiro atoms. The van der Waals surface area contributed by atoms with Gasteiger partial charge in [-0.2, -0.15) is 13.2 Å². The number of hydrogen-bond donors (Lipinski definition) is 0. The van der Waals surface area contributed by atoms with E-state index in [1.165, 1.54) is 12.3 Å². The molecule has 14 heavy (non-hydrogen) atoms. The SMILES string of the molecule is CC(C)(C)c1ccncc1C(F)(F)F. The van der Waals surface area contributed by atoms with Gasteiger partial charge in [0.25, 0.3) is 0 Å². The molecule has 0 saturated heterocycles. The van der Waals surface area contributed by atoms with Crippen LogP contribution in [0.2, 0.25) is 0 Å². The van der Waals surface area contributed by atoms with Gasteiger partial charge in [0.05, 0.1) is 5.56 Å². The number of rotatable bonds is 0. The lowest BCUT2D eigenvalue weighted by molar-refractivity contribution is -0.138. The fraction of sp³-hybridized carbons (Fsp3) is 0.500. The van der Waals surface area contributed by atoms with Crippen molar-refractivity contribution >= 4 is 0 Å². The number of nitrogens with zero attached hydrogens (tertiary/aromatic N) is 1. The molecule has 0 saturated carbocycles. The van der Waals surface area contributed by atoms with Gasteiger partial charge < -0.3 is 0 Å². The van der Waals surface area contributed by atoms with Crippen LogP contribution in [0, 0.1) is 0 Å². The molecule has 0 amide bonds. The molecule has 1 aromatic rings. The van der Waals surface area contributed by atoms with E-state index in [4.69, 9.17) is 0 Å². The summed E-state index contributed by atoms with van der Waals surface area (Å²) < 4.78 is 37.6. The zero-order chi connectivity index (χ0) is 11.0. The van der Waals surface area contributed by atoms with Crippen LogP contribution in [0.5, 0.6) is 0 Å². The number of hydrogen-bond acceptors (Lipinski definition) is 1. The van der Waals surface area contributed by atoms with Gasteiger partial charge in [-0.25, -0.2) is 0 Å². The van der Waals surface area contributed by atoms with Gasteiger partial charge in [-0.15, -0.1) is 0 Å². The highest BCUT2D eigenvalue weighted by Crippen LogP contribution is 2.36. The Morgan fingerprint density at radius 2 is 1.64 bits per heavy atom. The van der Waals surface area contributed by atoms with E-state index >= 15 is 0 Å². The average Bonchev–Trinajstić information content (AvgIpc) is 2.01. The second kappa shape index (κ2) is 3.26. The topological polar surface area (TPSA) is 12.9 Å². The quantitative estimate of drug-likeness (QED) is 0.629. The third-order valence-electron chi connectivity index (χ3n) is 1.93. The largest absolute Gasteiger partial charge is 0.418 e. The van der Waals surface area contributed by atoms with Crippen LogP contribution in [0.25, 0.3) is 0 Å². The molecule has 0 aliphatic rings. The van der Waals surface area contributed by atoms with Crippen molar-refractivity contribution in [1.82, 2.24) is 4.98 Å². The summed E-state index contributed by atoms with van der Waals surface area (Å²) in [4.78, 5) is 3.51. The summed E-state index contributed by atoms with van der Waals surface area (Å²) in [7, 11) is 0. The minimum absolute atomic E-state index is 0.278. The van der Waals surface area contributed by atoms with Crippen LogP contribution in [0.3, 0.4) is 0 Å². The van der Waals surface area contributed by atoms with E-state index in [1.54, 1.807) is 20.8 Å². The Morgan fingerprint density at radius 3 is 2.00 bits per heavy atom. The second-order valence-corrected chi connectivity index (χ2v) is 4.17. The first-order valence-corrected chi connectivity index (χ1v) is 4.24. The Balaban J connectivity index is 3.31. The van der Waals surface area contributed by atoms with Crippen molar-refractivity contribution in [3.63, 3.8) is 0 Å². The molecule has 0 radical (unpaired) electrons. The van der Waals surface area contributed by atoms with Gasteiger partial charge in [-0.1, -0.05) is 20.8 Å². The van der Waals surface area contributed by atoms with Crippen molar-refractivity contribution in [1.29, 1.82) is 0 Å². The lowest BCUT2D eigenvalue weighted by Crippen LogP contribution is -2.19. The van der Waals surface area contributed by atoms with Gasteiger partial charge in [0.15, 0.2) is 0 Å². The van der Waals surface area contributed by atoms with Gasteiger partial charge in [-0.3, -0.25) is 4.98 Å². The molecule has 78 valence electrons. The Bertz CT molecular complexity index is 290. The van der Waals surface area contributed by atoms with Crippen molar-refractivity contribution in [2.45, 2.75) is 32.4 Å². The van der Waals surface area contributed by atoms with Crippen molar-refractivity contribution in [2.24, 2.45) is 0 Å². The van der Waals surface area contributed by atoms with Gasteiger partial charge in [-0.05, 0) is 17.0 Å². The molecule has 1 heterocycles. The summed E-state index contributed by atoms with van der Waals surface area (Å²) in [5, 5.41) is 0. The first kappa shape index (κ1) is 11.0. The first-order chi connectivity index (χ1) is 6.23. The van der Waals surface area contributed by atoms with E-state index in [-0.39, 0.29) is 5.56 Å². The first-order valence-electron chi connectivity index (χ1n) is 4.24. The number of halogens is 3. The monoisotopic (exact) mass is 203 g/mol. The van der Waals surface area contributed by atoms with Crippen LogP contribution >= 0.6 is 0 Å². The van der Waals surface area contributed by atoms with Crippen LogP contribution in [-0.4, -0.2) is 4.98 Å². The van der Waals surface area contributed by atoms with E-state index in [2.05, 4.69) is 4.98 Å². The maximum atomic E-state index is 12.5. The molecule has 1 aromatic heterocycles. The molecule has 0 bridgehead atoms. The summed E-state index contributed by atoms with van der Waals surface area (Å²) in [6.45, 7) is 5.24. The number of aromatic nitrogens is 1. The molecule has 1 nitrogen and oxygen atoms in total. The summed E-state index contributed by atoms with van der Waals surface area (Å²) in [5.41, 5.74) is -0.888. The van der Waals surface area contributed by atoms with Gasteiger partial charge in [0, 0.05) is 12.4 Å². The molecule has 0 aromatic carbocycles. The smallest absolute Gasteiger partial charge is 0.264 e. The molecule has 0 N–H and O–H groups in total. The molecular formula is C10H12F3N. The Labute approximate surface area is 81.0 Å². The summed E-state index contributed by atoms with van der Waals surface area (Å²) in [5.74, 6) is 0. The minimum atomic E-state index is -4.32. The van der Waals surface area contributed by atoms with E-state index in [0.29, 0.717) is 0 Å². The average molecular weight is 203 g/mol. The molecule has 0 fully saturated rings.